The summed E-state index contributed by atoms with van der Waals surface area (Å²) in [5.41, 5.74) is 3.96. The molecule has 0 amide bonds. The van der Waals surface area contributed by atoms with Crippen LogP contribution in [0.15, 0.2) is 35.4 Å². The van der Waals surface area contributed by atoms with Gasteiger partial charge in [0, 0.05) is 11.9 Å². The molecule has 0 aliphatic carbocycles. The van der Waals surface area contributed by atoms with Crippen LogP contribution in [0.4, 0.5) is 29.1 Å². The molecule has 0 unspecified atom stereocenters. The molecule has 0 aliphatic heterocycles. The number of benzene rings is 1. The number of sulfonamides is 1. The highest BCUT2D eigenvalue weighted by Gasteiger charge is 2.34. The lowest BCUT2D eigenvalue weighted by atomic mass is 10.2. The molecule has 10 heteroatoms. The number of hydrogen-bond donors (Lipinski definition) is 2. The third-order valence-electron chi connectivity index (χ3n) is 2.83. The van der Waals surface area contributed by atoms with Crippen molar-refractivity contribution >= 4 is 21.5 Å². The number of nitrogens with zero attached hydrogens (tertiary/aromatic N) is 1. The second-order valence-electron chi connectivity index (χ2n) is 4.69. The Hall–Kier alpha value is -2.36. The predicted octanol–water partition coefficient (Wildman–Crippen LogP) is 2.93. The fraction of sp³-hybridized carbons (Fsp3) is 0.154. The predicted molar refractivity (Wildman–Crippen MR) is 75.6 cm³/mol. The van der Waals surface area contributed by atoms with Crippen LogP contribution >= 0.6 is 0 Å². The summed E-state index contributed by atoms with van der Waals surface area (Å²) in [6.07, 6.45) is -3.61. The minimum Gasteiger partial charge on any atom is -0.383 e. The molecule has 1 heterocycles. The van der Waals surface area contributed by atoms with Crippen LogP contribution in [0.1, 0.15) is 11.1 Å². The van der Waals surface area contributed by atoms with Crippen LogP contribution in [0.5, 0.6) is 0 Å². The Bertz CT molecular complexity index is 851. The first kappa shape index (κ1) is 17.0. The molecule has 0 atom stereocenters. The van der Waals surface area contributed by atoms with Gasteiger partial charge in [-0.1, -0.05) is 0 Å². The minimum atomic E-state index is -4.95. The molecule has 2 rings (SSSR count). The third-order valence-corrected chi connectivity index (χ3v) is 4.24. The number of halogens is 4. The second kappa shape index (κ2) is 5.69. The van der Waals surface area contributed by atoms with Crippen molar-refractivity contribution < 1.29 is 26.0 Å². The van der Waals surface area contributed by atoms with Crippen molar-refractivity contribution in [2.75, 3.05) is 10.5 Å². The zero-order chi connectivity index (χ0) is 17.4. The number of alkyl halides is 3. The number of rotatable bonds is 3. The van der Waals surface area contributed by atoms with Gasteiger partial charge in [0.15, 0.2) is 0 Å². The van der Waals surface area contributed by atoms with Crippen LogP contribution in [0, 0.1) is 12.7 Å². The van der Waals surface area contributed by atoms with Crippen LogP contribution in [-0.4, -0.2) is 13.4 Å². The summed E-state index contributed by atoms with van der Waals surface area (Å²) in [7, 11) is -4.27. The fourth-order valence-electron chi connectivity index (χ4n) is 1.78. The van der Waals surface area contributed by atoms with Gasteiger partial charge in [-0.25, -0.2) is 17.8 Å². The summed E-state index contributed by atoms with van der Waals surface area (Å²) in [5.74, 6) is -1.81. The molecule has 0 fully saturated rings. The van der Waals surface area contributed by atoms with E-state index in [2.05, 4.69) is 4.98 Å². The van der Waals surface area contributed by atoms with E-state index in [0.29, 0.717) is 17.7 Å². The molecule has 0 saturated carbocycles. The van der Waals surface area contributed by atoms with Gasteiger partial charge >= 0.3 is 6.18 Å². The van der Waals surface area contributed by atoms with Gasteiger partial charge in [0.1, 0.15) is 16.5 Å². The summed E-state index contributed by atoms with van der Waals surface area (Å²) in [6, 6.07) is 2.99. The standard InChI is InChI=1S/C13H11F4N3O2S/c1-7-4-11(12(18)19-6-7)23(21,22)20-8-2-3-10(14)9(5-8)13(15,16)17/h2-6,20H,1H3,(H2,18,19). The molecule has 1 aromatic carbocycles. The summed E-state index contributed by atoms with van der Waals surface area (Å²) >= 11 is 0. The molecular formula is C13H11F4N3O2S. The van der Waals surface area contributed by atoms with Crippen molar-refractivity contribution in [1.82, 2.24) is 4.98 Å². The Labute approximate surface area is 129 Å². The lowest BCUT2D eigenvalue weighted by molar-refractivity contribution is -0.139. The smallest absolute Gasteiger partial charge is 0.383 e. The van der Waals surface area contributed by atoms with Crippen molar-refractivity contribution in [3.05, 3.63) is 47.4 Å². The van der Waals surface area contributed by atoms with E-state index in [1.165, 1.54) is 12.3 Å². The maximum Gasteiger partial charge on any atom is 0.419 e. The molecule has 0 saturated heterocycles. The first-order valence-electron chi connectivity index (χ1n) is 6.12. The van der Waals surface area contributed by atoms with E-state index in [0.717, 1.165) is 6.07 Å². The Morgan fingerprint density at radius 3 is 2.48 bits per heavy atom. The molecule has 23 heavy (non-hydrogen) atoms. The van der Waals surface area contributed by atoms with Gasteiger partial charge in [-0.05, 0) is 36.8 Å². The van der Waals surface area contributed by atoms with Gasteiger partial charge in [0.2, 0.25) is 0 Å². The van der Waals surface area contributed by atoms with Gasteiger partial charge in [0.25, 0.3) is 10.0 Å². The molecule has 0 spiro atoms. The zero-order valence-electron chi connectivity index (χ0n) is 11.6. The topological polar surface area (TPSA) is 85.1 Å². The van der Waals surface area contributed by atoms with Crippen LogP contribution < -0.4 is 10.5 Å². The molecule has 0 radical (unpaired) electrons. The lowest BCUT2D eigenvalue weighted by Crippen LogP contribution is -2.17. The number of anilines is 2. The summed E-state index contributed by atoms with van der Waals surface area (Å²) in [5, 5.41) is 0. The van der Waals surface area contributed by atoms with E-state index >= 15 is 0 Å². The van der Waals surface area contributed by atoms with E-state index in [-0.39, 0.29) is 10.7 Å². The largest absolute Gasteiger partial charge is 0.419 e. The highest BCUT2D eigenvalue weighted by molar-refractivity contribution is 7.92. The first-order chi connectivity index (χ1) is 10.5. The highest BCUT2D eigenvalue weighted by atomic mass is 32.2. The average molecular weight is 349 g/mol. The van der Waals surface area contributed by atoms with E-state index < -0.39 is 33.3 Å². The maximum absolute atomic E-state index is 13.2. The number of aryl methyl sites for hydroxylation is 1. The van der Waals surface area contributed by atoms with Crippen molar-refractivity contribution in [3.63, 3.8) is 0 Å². The van der Waals surface area contributed by atoms with Crippen molar-refractivity contribution in [2.24, 2.45) is 0 Å². The van der Waals surface area contributed by atoms with Crippen LogP contribution in [0.25, 0.3) is 0 Å². The number of aromatic nitrogens is 1. The molecule has 5 nitrogen and oxygen atoms in total. The average Bonchev–Trinajstić information content (AvgIpc) is 2.42. The summed E-state index contributed by atoms with van der Waals surface area (Å²) in [6.45, 7) is 1.57. The lowest BCUT2D eigenvalue weighted by Gasteiger charge is -2.13. The highest BCUT2D eigenvalue weighted by Crippen LogP contribution is 2.33. The monoisotopic (exact) mass is 349 g/mol. The summed E-state index contributed by atoms with van der Waals surface area (Å²) < 4.78 is 77.5. The van der Waals surface area contributed by atoms with Crippen LogP contribution in [-0.2, 0) is 16.2 Å². The molecule has 124 valence electrons. The summed E-state index contributed by atoms with van der Waals surface area (Å²) in [4.78, 5) is 3.30. The Morgan fingerprint density at radius 1 is 1.22 bits per heavy atom. The Balaban J connectivity index is 2.44. The minimum absolute atomic E-state index is 0.304. The van der Waals surface area contributed by atoms with Gasteiger partial charge in [-0.3, -0.25) is 4.72 Å². The van der Waals surface area contributed by atoms with E-state index in [9.17, 15) is 26.0 Å². The molecule has 0 bridgehead atoms. The maximum atomic E-state index is 13.2. The van der Waals surface area contributed by atoms with Gasteiger partial charge < -0.3 is 5.73 Å². The number of nitrogen functional groups attached to an aromatic ring is 1. The number of nitrogens with one attached hydrogen (secondary N) is 1. The third kappa shape index (κ3) is 3.70. The van der Waals surface area contributed by atoms with Crippen molar-refractivity contribution in [2.45, 2.75) is 18.0 Å². The van der Waals surface area contributed by atoms with Gasteiger partial charge in [0.05, 0.1) is 5.56 Å². The molecule has 0 aliphatic rings. The Morgan fingerprint density at radius 2 is 1.87 bits per heavy atom. The fourth-order valence-corrected chi connectivity index (χ4v) is 3.00. The van der Waals surface area contributed by atoms with Crippen LogP contribution in [0.2, 0.25) is 0 Å². The normalized spacial score (nSPS) is 12.2. The number of pyridine rings is 1. The Kier molecular flexibility index (Phi) is 4.20. The van der Waals surface area contributed by atoms with E-state index in [4.69, 9.17) is 5.73 Å². The van der Waals surface area contributed by atoms with Gasteiger partial charge in [-0.15, -0.1) is 0 Å². The van der Waals surface area contributed by atoms with E-state index in [1.807, 2.05) is 4.72 Å². The molecule has 1 aromatic heterocycles. The molecule has 2 aromatic rings. The van der Waals surface area contributed by atoms with Gasteiger partial charge in [-0.2, -0.15) is 13.2 Å². The first-order valence-corrected chi connectivity index (χ1v) is 7.61. The molecular weight excluding hydrogens is 338 g/mol. The second-order valence-corrected chi connectivity index (χ2v) is 6.34. The number of nitrogens with two attached hydrogens (primary N) is 1. The van der Waals surface area contributed by atoms with E-state index in [1.54, 1.807) is 6.92 Å². The number of hydrogen-bond acceptors (Lipinski definition) is 4. The van der Waals surface area contributed by atoms with Crippen molar-refractivity contribution in [1.29, 1.82) is 0 Å². The SMILES string of the molecule is Cc1cnc(N)c(S(=O)(=O)Nc2ccc(F)c(C(F)(F)F)c2)c1. The zero-order valence-corrected chi connectivity index (χ0v) is 12.5. The van der Waals surface area contributed by atoms with Crippen molar-refractivity contribution in [3.8, 4) is 0 Å². The molecule has 3 N–H and O–H groups in total. The quantitative estimate of drug-likeness (QED) is 0.835. The van der Waals surface area contributed by atoms with Crippen LogP contribution in [0.3, 0.4) is 0 Å².